The number of aliphatic imine (C=N–C) groups is 1. The smallest absolute Gasteiger partial charge is 0.191 e. The third kappa shape index (κ3) is 5.74. The fourth-order valence-electron chi connectivity index (χ4n) is 2.62. The van der Waals surface area contributed by atoms with Gasteiger partial charge in [0.25, 0.3) is 0 Å². The highest BCUT2D eigenvalue weighted by molar-refractivity contribution is 5.78. The molecule has 1 fully saturated rings. The molecule has 0 amide bonds. The lowest BCUT2D eigenvalue weighted by molar-refractivity contribution is 0.320. The van der Waals surface area contributed by atoms with Gasteiger partial charge in [0.15, 0.2) is 5.96 Å². The molecule has 3 nitrogen and oxygen atoms in total. The number of hydrogen-bond acceptors (Lipinski definition) is 1. The molecule has 1 saturated carbocycles. The first-order chi connectivity index (χ1) is 8.49. The van der Waals surface area contributed by atoms with E-state index >= 15 is 0 Å². The summed E-state index contributed by atoms with van der Waals surface area (Å²) in [4.78, 5) is 7.03. The molecule has 3 heteroatoms. The van der Waals surface area contributed by atoms with Gasteiger partial charge in [-0.25, -0.2) is 4.99 Å². The molecule has 0 aromatic heterocycles. The third-order valence-corrected chi connectivity index (χ3v) is 3.38. The Balaban J connectivity index is 2.60. The van der Waals surface area contributed by atoms with Gasteiger partial charge in [-0.05, 0) is 24.7 Å². The number of hydrogen-bond donors (Lipinski definition) is 1. The molecule has 106 valence electrons. The van der Waals surface area contributed by atoms with Crippen molar-refractivity contribution in [2.45, 2.75) is 65.8 Å². The molecule has 0 aromatic carbocycles. The minimum absolute atomic E-state index is 0.473. The molecule has 0 aliphatic heterocycles. The summed E-state index contributed by atoms with van der Waals surface area (Å²) >= 11 is 0. The highest BCUT2D eigenvalue weighted by atomic mass is 15.3. The van der Waals surface area contributed by atoms with Crippen LogP contribution in [0.5, 0.6) is 0 Å². The average molecular weight is 253 g/mol. The first kappa shape index (κ1) is 15.3. The lowest BCUT2D eigenvalue weighted by atomic mass is 9.96. The fraction of sp³-hybridized carbons (Fsp3) is 0.933. The van der Waals surface area contributed by atoms with Crippen molar-refractivity contribution in [2.24, 2.45) is 22.6 Å². The van der Waals surface area contributed by atoms with E-state index in [2.05, 4.69) is 32.6 Å². The number of rotatable bonds is 5. The third-order valence-electron chi connectivity index (χ3n) is 3.38. The summed E-state index contributed by atoms with van der Waals surface area (Å²) in [5, 5.41) is 0. The molecule has 0 atom stereocenters. The Kier molecular flexibility index (Phi) is 6.51. The van der Waals surface area contributed by atoms with Gasteiger partial charge in [-0.1, -0.05) is 47.0 Å². The van der Waals surface area contributed by atoms with Crippen molar-refractivity contribution in [3.05, 3.63) is 0 Å². The van der Waals surface area contributed by atoms with E-state index in [4.69, 9.17) is 10.7 Å². The Hall–Kier alpha value is -0.730. The van der Waals surface area contributed by atoms with E-state index in [1.165, 1.54) is 32.1 Å². The van der Waals surface area contributed by atoms with Gasteiger partial charge < -0.3 is 10.6 Å². The van der Waals surface area contributed by atoms with Gasteiger partial charge in [0.1, 0.15) is 0 Å². The molecule has 0 bridgehead atoms. The van der Waals surface area contributed by atoms with E-state index in [0.29, 0.717) is 17.9 Å². The molecular formula is C15H31N3. The van der Waals surface area contributed by atoms with Gasteiger partial charge in [-0.15, -0.1) is 0 Å². The van der Waals surface area contributed by atoms with Crippen molar-refractivity contribution in [3.8, 4) is 0 Å². The second kappa shape index (κ2) is 7.65. The fourth-order valence-corrected chi connectivity index (χ4v) is 2.62. The van der Waals surface area contributed by atoms with Crippen LogP contribution < -0.4 is 5.73 Å². The van der Waals surface area contributed by atoms with E-state index in [-0.39, 0.29) is 0 Å². The Morgan fingerprint density at radius 2 is 1.56 bits per heavy atom. The minimum Gasteiger partial charge on any atom is -0.370 e. The second-order valence-electron chi connectivity index (χ2n) is 6.47. The van der Waals surface area contributed by atoms with Gasteiger partial charge in [0.05, 0.1) is 6.04 Å². The molecule has 0 spiro atoms. The zero-order chi connectivity index (χ0) is 13.5. The van der Waals surface area contributed by atoms with Crippen LogP contribution in [0.15, 0.2) is 4.99 Å². The monoisotopic (exact) mass is 253 g/mol. The second-order valence-corrected chi connectivity index (χ2v) is 6.47. The van der Waals surface area contributed by atoms with Crippen molar-refractivity contribution >= 4 is 5.96 Å². The number of nitrogens with two attached hydrogens (primary N) is 1. The van der Waals surface area contributed by atoms with Crippen molar-refractivity contribution in [1.82, 2.24) is 4.90 Å². The molecule has 18 heavy (non-hydrogen) atoms. The lowest BCUT2D eigenvalue weighted by Crippen LogP contribution is -2.42. The van der Waals surface area contributed by atoms with Crippen LogP contribution in [0.4, 0.5) is 0 Å². The molecule has 0 heterocycles. The van der Waals surface area contributed by atoms with Gasteiger partial charge >= 0.3 is 0 Å². The number of nitrogens with zero attached hydrogens (tertiary/aromatic N) is 2. The summed E-state index contributed by atoms with van der Waals surface area (Å²) in [5.74, 6) is 2.03. The topological polar surface area (TPSA) is 41.6 Å². The van der Waals surface area contributed by atoms with Crippen LogP contribution in [0.3, 0.4) is 0 Å². The molecule has 1 rings (SSSR count). The van der Waals surface area contributed by atoms with Crippen LogP contribution >= 0.6 is 0 Å². The Bertz CT molecular complexity index is 242. The van der Waals surface area contributed by atoms with Crippen LogP contribution in [0.1, 0.15) is 59.8 Å². The summed E-state index contributed by atoms with van der Waals surface area (Å²) in [6.45, 7) is 11.0. The summed E-state index contributed by atoms with van der Waals surface area (Å²) in [5.41, 5.74) is 6.22. The summed E-state index contributed by atoms with van der Waals surface area (Å²) in [6.07, 6.45) is 6.44. The molecule has 0 radical (unpaired) electrons. The standard InChI is InChI=1S/C15H31N3/c1-12(2)10-18(11-13(3)4)15(16)17-14-8-6-5-7-9-14/h12-14H,5-11H2,1-4H3,(H2,16,17). The van der Waals surface area contributed by atoms with Crippen LogP contribution in [0.2, 0.25) is 0 Å². The quantitative estimate of drug-likeness (QED) is 0.603. The maximum Gasteiger partial charge on any atom is 0.191 e. The SMILES string of the molecule is CC(C)CN(CC(C)C)C(N)=NC1CCCCC1. The molecule has 1 aliphatic carbocycles. The van der Waals surface area contributed by atoms with Crippen LogP contribution in [-0.2, 0) is 0 Å². The van der Waals surface area contributed by atoms with Crippen LogP contribution in [0.25, 0.3) is 0 Å². The minimum atomic E-state index is 0.473. The predicted octanol–water partition coefficient (Wildman–Crippen LogP) is 3.25. The lowest BCUT2D eigenvalue weighted by Gasteiger charge is -2.29. The van der Waals surface area contributed by atoms with Crippen molar-refractivity contribution in [2.75, 3.05) is 13.1 Å². The van der Waals surface area contributed by atoms with E-state index in [1.54, 1.807) is 0 Å². The molecule has 0 saturated heterocycles. The zero-order valence-electron chi connectivity index (χ0n) is 12.7. The van der Waals surface area contributed by atoms with Crippen molar-refractivity contribution in [3.63, 3.8) is 0 Å². The normalized spacial score (nSPS) is 18.7. The van der Waals surface area contributed by atoms with Gasteiger partial charge in [-0.2, -0.15) is 0 Å². The van der Waals surface area contributed by atoms with Crippen molar-refractivity contribution in [1.29, 1.82) is 0 Å². The number of guanidine groups is 1. The average Bonchev–Trinajstić information content (AvgIpc) is 2.28. The van der Waals surface area contributed by atoms with Gasteiger partial charge in [0.2, 0.25) is 0 Å². The maximum atomic E-state index is 6.22. The summed E-state index contributed by atoms with van der Waals surface area (Å²) in [6, 6.07) is 0.473. The van der Waals surface area contributed by atoms with Crippen LogP contribution in [0, 0.1) is 11.8 Å². The molecular weight excluding hydrogens is 222 g/mol. The predicted molar refractivity (Wildman–Crippen MR) is 79.7 cm³/mol. The highest BCUT2D eigenvalue weighted by Crippen LogP contribution is 2.20. The molecule has 0 aromatic rings. The summed E-state index contributed by atoms with van der Waals surface area (Å²) in [7, 11) is 0. The van der Waals surface area contributed by atoms with Gasteiger partial charge in [0, 0.05) is 13.1 Å². The highest BCUT2D eigenvalue weighted by Gasteiger charge is 2.16. The first-order valence-electron chi connectivity index (χ1n) is 7.57. The Labute approximate surface area is 113 Å². The zero-order valence-corrected chi connectivity index (χ0v) is 12.7. The van der Waals surface area contributed by atoms with Crippen LogP contribution in [-0.4, -0.2) is 30.0 Å². The van der Waals surface area contributed by atoms with E-state index in [1.807, 2.05) is 0 Å². The van der Waals surface area contributed by atoms with E-state index < -0.39 is 0 Å². The molecule has 0 unspecified atom stereocenters. The van der Waals surface area contributed by atoms with Gasteiger partial charge in [-0.3, -0.25) is 0 Å². The molecule has 1 aliphatic rings. The van der Waals surface area contributed by atoms with E-state index in [0.717, 1.165) is 19.0 Å². The van der Waals surface area contributed by atoms with E-state index in [9.17, 15) is 0 Å². The maximum absolute atomic E-state index is 6.22. The largest absolute Gasteiger partial charge is 0.370 e. The first-order valence-corrected chi connectivity index (χ1v) is 7.57. The Morgan fingerprint density at radius 1 is 1.06 bits per heavy atom. The van der Waals surface area contributed by atoms with Crippen molar-refractivity contribution < 1.29 is 0 Å². The Morgan fingerprint density at radius 3 is 2.00 bits per heavy atom. The summed E-state index contributed by atoms with van der Waals surface area (Å²) < 4.78 is 0. The molecule has 2 N–H and O–H groups in total.